The van der Waals surface area contributed by atoms with Crippen molar-refractivity contribution in [1.29, 1.82) is 0 Å². The second-order valence-corrected chi connectivity index (χ2v) is 5.71. The Kier molecular flexibility index (Phi) is 4.65. The molecule has 0 atom stereocenters. The van der Waals surface area contributed by atoms with Gasteiger partial charge in [0.2, 0.25) is 0 Å². The minimum Gasteiger partial charge on any atom is -0.377 e. The molecule has 7 nitrogen and oxygen atoms in total. The number of rotatable bonds is 7. The van der Waals surface area contributed by atoms with E-state index in [0.29, 0.717) is 24.4 Å². The lowest BCUT2D eigenvalue weighted by molar-refractivity contribution is 0.177. The minimum absolute atomic E-state index is 0.308. The average molecular weight is 302 g/mol. The molecule has 1 saturated carbocycles. The van der Waals surface area contributed by atoms with Crippen LogP contribution in [0.2, 0.25) is 0 Å². The van der Waals surface area contributed by atoms with Crippen LogP contribution in [0.4, 0.5) is 5.82 Å². The van der Waals surface area contributed by atoms with Gasteiger partial charge in [-0.1, -0.05) is 0 Å². The predicted molar refractivity (Wildman–Crippen MR) is 83.5 cm³/mol. The molecule has 0 unspecified atom stereocenters. The molecule has 0 bridgehead atoms. The minimum atomic E-state index is 0.308. The Morgan fingerprint density at radius 3 is 2.95 bits per heavy atom. The first-order valence-electron chi connectivity index (χ1n) is 7.58. The standard InChI is InChI=1S/C15H22N6O/c1-22-8-15-20-13(10-4-11(16)5-10)6-14(21-15)18-3-2-12-7-17-9-19-12/h6-7,9-11H,2-5,8,16H2,1H3,(H,17,19)(H,18,20,21). The van der Waals surface area contributed by atoms with Crippen molar-refractivity contribution in [2.75, 3.05) is 19.0 Å². The number of ether oxygens (including phenoxy) is 1. The first kappa shape index (κ1) is 14.9. The first-order chi connectivity index (χ1) is 10.7. The molecule has 22 heavy (non-hydrogen) atoms. The van der Waals surface area contributed by atoms with Gasteiger partial charge in [0.15, 0.2) is 5.82 Å². The topological polar surface area (TPSA) is 102 Å². The van der Waals surface area contributed by atoms with Crippen LogP contribution in [0.15, 0.2) is 18.6 Å². The number of aromatic amines is 1. The van der Waals surface area contributed by atoms with Gasteiger partial charge in [-0.05, 0) is 12.8 Å². The normalized spacial score (nSPS) is 20.6. The zero-order chi connectivity index (χ0) is 15.4. The third-order valence-corrected chi connectivity index (χ3v) is 3.91. The monoisotopic (exact) mass is 302 g/mol. The van der Waals surface area contributed by atoms with Gasteiger partial charge >= 0.3 is 0 Å². The Morgan fingerprint density at radius 2 is 2.27 bits per heavy atom. The molecule has 118 valence electrons. The highest BCUT2D eigenvalue weighted by atomic mass is 16.5. The van der Waals surface area contributed by atoms with Gasteiger partial charge in [-0.3, -0.25) is 0 Å². The van der Waals surface area contributed by atoms with E-state index in [1.54, 1.807) is 13.4 Å². The lowest BCUT2D eigenvalue weighted by atomic mass is 9.78. The number of nitrogens with zero attached hydrogens (tertiary/aromatic N) is 3. The highest BCUT2D eigenvalue weighted by Crippen LogP contribution is 2.35. The van der Waals surface area contributed by atoms with Crippen molar-refractivity contribution in [1.82, 2.24) is 19.9 Å². The maximum absolute atomic E-state index is 5.88. The van der Waals surface area contributed by atoms with Crippen molar-refractivity contribution in [2.24, 2.45) is 5.73 Å². The number of nitrogens with one attached hydrogen (secondary N) is 2. The van der Waals surface area contributed by atoms with Gasteiger partial charge in [0.1, 0.15) is 12.4 Å². The van der Waals surface area contributed by atoms with Crippen LogP contribution in [-0.4, -0.2) is 39.6 Å². The quantitative estimate of drug-likeness (QED) is 0.710. The summed E-state index contributed by atoms with van der Waals surface area (Å²) in [7, 11) is 1.65. The average Bonchev–Trinajstić information content (AvgIpc) is 2.97. The Hall–Kier alpha value is -1.99. The van der Waals surface area contributed by atoms with Gasteiger partial charge in [0.25, 0.3) is 0 Å². The van der Waals surface area contributed by atoms with Crippen LogP contribution >= 0.6 is 0 Å². The van der Waals surface area contributed by atoms with E-state index in [1.807, 2.05) is 12.3 Å². The third kappa shape index (κ3) is 3.61. The van der Waals surface area contributed by atoms with Gasteiger partial charge < -0.3 is 20.8 Å². The van der Waals surface area contributed by atoms with Gasteiger partial charge in [-0.15, -0.1) is 0 Å². The van der Waals surface area contributed by atoms with E-state index in [-0.39, 0.29) is 0 Å². The van der Waals surface area contributed by atoms with Crippen LogP contribution in [-0.2, 0) is 17.8 Å². The molecule has 7 heteroatoms. The van der Waals surface area contributed by atoms with E-state index in [2.05, 4.69) is 25.3 Å². The zero-order valence-electron chi connectivity index (χ0n) is 12.7. The number of anilines is 1. The van der Waals surface area contributed by atoms with Gasteiger partial charge in [0, 0.05) is 55.7 Å². The van der Waals surface area contributed by atoms with E-state index in [1.165, 1.54) is 0 Å². The molecule has 1 fully saturated rings. The smallest absolute Gasteiger partial charge is 0.156 e. The molecule has 0 aliphatic heterocycles. The molecule has 1 aliphatic rings. The van der Waals surface area contributed by atoms with Crippen molar-refractivity contribution < 1.29 is 4.74 Å². The summed E-state index contributed by atoms with van der Waals surface area (Å²) in [5.41, 5.74) is 8.05. The molecule has 2 aromatic rings. The van der Waals surface area contributed by atoms with E-state index < -0.39 is 0 Å². The number of nitrogens with two attached hydrogens (primary N) is 1. The fourth-order valence-corrected chi connectivity index (χ4v) is 2.66. The van der Waals surface area contributed by atoms with Crippen LogP contribution < -0.4 is 11.1 Å². The lowest BCUT2D eigenvalue weighted by Gasteiger charge is -2.32. The number of imidazole rings is 1. The fraction of sp³-hybridized carbons (Fsp3) is 0.533. The van der Waals surface area contributed by atoms with Crippen LogP contribution in [0.25, 0.3) is 0 Å². The second-order valence-electron chi connectivity index (χ2n) is 5.71. The Bertz CT molecular complexity index is 594. The van der Waals surface area contributed by atoms with Crippen molar-refractivity contribution in [3.8, 4) is 0 Å². The maximum Gasteiger partial charge on any atom is 0.156 e. The highest BCUT2D eigenvalue weighted by molar-refractivity contribution is 5.38. The van der Waals surface area contributed by atoms with E-state index in [9.17, 15) is 0 Å². The molecule has 2 heterocycles. The summed E-state index contributed by atoms with van der Waals surface area (Å²) >= 11 is 0. The van der Waals surface area contributed by atoms with E-state index >= 15 is 0 Å². The molecular formula is C15H22N6O. The maximum atomic E-state index is 5.88. The zero-order valence-corrected chi connectivity index (χ0v) is 12.7. The van der Waals surface area contributed by atoms with Crippen molar-refractivity contribution >= 4 is 5.82 Å². The Labute approximate surface area is 129 Å². The summed E-state index contributed by atoms with van der Waals surface area (Å²) in [4.78, 5) is 16.2. The predicted octanol–water partition coefficient (Wildman–Crippen LogP) is 1.21. The van der Waals surface area contributed by atoms with E-state index in [4.69, 9.17) is 10.5 Å². The van der Waals surface area contributed by atoms with Gasteiger partial charge in [0.05, 0.1) is 6.33 Å². The second kappa shape index (κ2) is 6.85. The van der Waals surface area contributed by atoms with Gasteiger partial charge in [-0.2, -0.15) is 0 Å². The van der Waals surface area contributed by atoms with E-state index in [0.717, 1.165) is 43.0 Å². The van der Waals surface area contributed by atoms with Crippen molar-refractivity contribution in [3.63, 3.8) is 0 Å². The molecule has 2 aromatic heterocycles. The lowest BCUT2D eigenvalue weighted by Crippen LogP contribution is -2.35. The fourth-order valence-electron chi connectivity index (χ4n) is 2.66. The number of H-pyrrole nitrogens is 1. The summed E-state index contributed by atoms with van der Waals surface area (Å²) in [5, 5.41) is 3.35. The molecule has 1 aliphatic carbocycles. The van der Waals surface area contributed by atoms with Crippen molar-refractivity contribution in [3.05, 3.63) is 35.8 Å². The molecule has 4 N–H and O–H groups in total. The third-order valence-electron chi connectivity index (χ3n) is 3.91. The molecule has 0 radical (unpaired) electrons. The van der Waals surface area contributed by atoms with Gasteiger partial charge in [-0.25, -0.2) is 15.0 Å². The van der Waals surface area contributed by atoms with Crippen LogP contribution in [0.5, 0.6) is 0 Å². The molecule has 0 saturated heterocycles. The summed E-state index contributed by atoms with van der Waals surface area (Å²) in [5.74, 6) is 2.00. The Morgan fingerprint density at radius 1 is 1.41 bits per heavy atom. The molecule has 0 aromatic carbocycles. The molecule has 3 rings (SSSR count). The van der Waals surface area contributed by atoms with Crippen molar-refractivity contribution in [2.45, 2.75) is 37.8 Å². The summed E-state index contributed by atoms with van der Waals surface area (Å²) in [6.45, 7) is 1.21. The molecule has 0 spiro atoms. The first-order valence-corrected chi connectivity index (χ1v) is 7.58. The molecular weight excluding hydrogens is 280 g/mol. The summed E-state index contributed by atoms with van der Waals surface area (Å²) in [6.07, 6.45) is 6.38. The number of hydrogen-bond donors (Lipinski definition) is 3. The van der Waals surface area contributed by atoms with Crippen LogP contribution in [0, 0.1) is 0 Å². The SMILES string of the molecule is COCc1nc(NCCc2cnc[nH]2)cc(C2CC(N)C2)n1. The number of methoxy groups -OCH3 is 1. The summed E-state index contributed by atoms with van der Waals surface area (Å²) < 4.78 is 5.16. The number of aromatic nitrogens is 4. The Balaban J connectivity index is 1.65. The van der Waals surface area contributed by atoms with Crippen LogP contribution in [0.1, 0.15) is 36.0 Å². The largest absolute Gasteiger partial charge is 0.377 e. The van der Waals surface area contributed by atoms with Crippen LogP contribution in [0.3, 0.4) is 0 Å². The highest BCUT2D eigenvalue weighted by Gasteiger charge is 2.29. The summed E-state index contributed by atoms with van der Waals surface area (Å²) in [6, 6.07) is 2.34. The number of hydrogen-bond acceptors (Lipinski definition) is 6. The molecule has 0 amide bonds.